The molecule has 0 bridgehead atoms. The molecule has 0 amide bonds. The van der Waals surface area contributed by atoms with E-state index in [1.165, 1.54) is 0 Å². The van der Waals surface area contributed by atoms with Gasteiger partial charge in [-0.1, -0.05) is 5.92 Å². The molecular weight excluding hydrogens is 197 g/mol. The number of halogens is 2. The van der Waals surface area contributed by atoms with Crippen molar-refractivity contribution in [2.75, 3.05) is 20.3 Å². The van der Waals surface area contributed by atoms with E-state index >= 15 is 0 Å². The van der Waals surface area contributed by atoms with E-state index < -0.39 is 0 Å². The average molecular weight is 206 g/mol. The molecule has 1 aliphatic heterocycles. The Bertz CT molecular complexity index is 172. The van der Waals surface area contributed by atoms with Gasteiger partial charge in [0.15, 0.2) is 0 Å². The largest absolute Gasteiger partial charge is 0.298 e. The molecule has 0 aliphatic carbocycles. The highest BCUT2D eigenvalue weighted by Crippen LogP contribution is 2.22. The SMILES string of the molecule is CN1C[C@H](C#CBr)[C@H]1CF. The summed E-state index contributed by atoms with van der Waals surface area (Å²) >= 11 is 3.00. The summed E-state index contributed by atoms with van der Waals surface area (Å²) in [4.78, 5) is 4.60. The zero-order valence-electron chi connectivity index (χ0n) is 5.77. The van der Waals surface area contributed by atoms with Crippen molar-refractivity contribution in [1.82, 2.24) is 4.90 Å². The second kappa shape index (κ2) is 3.36. The summed E-state index contributed by atoms with van der Waals surface area (Å²) in [5.74, 6) is 3.13. The van der Waals surface area contributed by atoms with Gasteiger partial charge in [0.05, 0.1) is 12.0 Å². The van der Waals surface area contributed by atoms with Gasteiger partial charge in [0, 0.05) is 22.5 Å². The number of hydrogen-bond donors (Lipinski definition) is 0. The molecule has 0 radical (unpaired) electrons. The van der Waals surface area contributed by atoms with Gasteiger partial charge < -0.3 is 0 Å². The molecule has 0 unspecified atom stereocenters. The van der Waals surface area contributed by atoms with Gasteiger partial charge >= 0.3 is 0 Å². The minimum atomic E-state index is -0.289. The third kappa shape index (κ3) is 1.33. The van der Waals surface area contributed by atoms with Gasteiger partial charge in [0.2, 0.25) is 0 Å². The van der Waals surface area contributed by atoms with Crippen LogP contribution >= 0.6 is 15.9 Å². The Balaban J connectivity index is 2.42. The molecule has 10 heavy (non-hydrogen) atoms. The maximum atomic E-state index is 12.1. The van der Waals surface area contributed by atoms with Crippen LogP contribution in [-0.4, -0.2) is 31.2 Å². The van der Waals surface area contributed by atoms with Crippen molar-refractivity contribution in [2.45, 2.75) is 6.04 Å². The third-order valence-electron chi connectivity index (χ3n) is 1.91. The summed E-state index contributed by atoms with van der Waals surface area (Å²) in [5.41, 5.74) is 0. The van der Waals surface area contributed by atoms with Crippen molar-refractivity contribution in [3.63, 3.8) is 0 Å². The molecule has 56 valence electrons. The first-order valence-electron chi connectivity index (χ1n) is 3.17. The number of hydrogen-bond acceptors (Lipinski definition) is 1. The van der Waals surface area contributed by atoms with E-state index in [4.69, 9.17) is 0 Å². The quantitative estimate of drug-likeness (QED) is 0.583. The van der Waals surface area contributed by atoms with E-state index in [9.17, 15) is 4.39 Å². The van der Waals surface area contributed by atoms with Crippen LogP contribution < -0.4 is 0 Å². The third-order valence-corrected chi connectivity index (χ3v) is 2.14. The predicted octanol–water partition coefficient (Wildman–Crippen LogP) is 1.24. The van der Waals surface area contributed by atoms with Gasteiger partial charge in [-0.15, -0.1) is 0 Å². The topological polar surface area (TPSA) is 3.24 Å². The van der Waals surface area contributed by atoms with Crippen molar-refractivity contribution in [1.29, 1.82) is 0 Å². The van der Waals surface area contributed by atoms with Gasteiger partial charge in [-0.05, 0) is 11.9 Å². The Hall–Kier alpha value is -0.0700. The maximum absolute atomic E-state index is 12.1. The summed E-state index contributed by atoms with van der Waals surface area (Å²) in [7, 11) is 1.91. The normalized spacial score (nSPS) is 32.3. The summed E-state index contributed by atoms with van der Waals surface area (Å²) in [5, 5.41) is 0. The lowest BCUT2D eigenvalue weighted by Crippen LogP contribution is -2.54. The fraction of sp³-hybridized carbons (Fsp3) is 0.714. The molecule has 1 aliphatic rings. The second-order valence-corrected chi connectivity index (χ2v) is 2.90. The lowest BCUT2D eigenvalue weighted by molar-refractivity contribution is 0.0568. The first kappa shape index (κ1) is 8.03. The molecule has 0 N–H and O–H groups in total. The van der Waals surface area contributed by atoms with Crippen LogP contribution in [0.3, 0.4) is 0 Å². The highest BCUT2D eigenvalue weighted by atomic mass is 79.9. The van der Waals surface area contributed by atoms with Gasteiger partial charge in [0.1, 0.15) is 6.67 Å². The Morgan fingerprint density at radius 3 is 2.90 bits per heavy atom. The standard InChI is InChI=1S/C7H9BrFN/c1-10-5-6(2-3-8)7(10)4-9/h6-7H,4-5H2,1H3/t6-,7+/m0/s1. The first-order valence-corrected chi connectivity index (χ1v) is 3.96. The molecule has 0 aromatic heterocycles. The molecule has 2 atom stereocenters. The highest BCUT2D eigenvalue weighted by Gasteiger charge is 2.34. The molecule has 1 rings (SSSR count). The lowest BCUT2D eigenvalue weighted by Gasteiger charge is -2.41. The Morgan fingerprint density at radius 1 is 1.80 bits per heavy atom. The number of alkyl halides is 1. The van der Waals surface area contributed by atoms with E-state index in [1.54, 1.807) is 0 Å². The monoisotopic (exact) mass is 205 g/mol. The van der Waals surface area contributed by atoms with Crippen molar-refractivity contribution in [3.05, 3.63) is 0 Å². The first-order chi connectivity index (χ1) is 4.79. The van der Waals surface area contributed by atoms with Crippen molar-refractivity contribution in [2.24, 2.45) is 5.92 Å². The van der Waals surface area contributed by atoms with Crippen LogP contribution in [0.15, 0.2) is 0 Å². The molecule has 1 saturated heterocycles. The Morgan fingerprint density at radius 2 is 2.50 bits per heavy atom. The molecule has 0 saturated carbocycles. The molecule has 1 fully saturated rings. The summed E-state index contributed by atoms with van der Waals surface area (Å²) < 4.78 is 12.1. The fourth-order valence-corrected chi connectivity index (χ4v) is 1.47. The van der Waals surface area contributed by atoms with Crippen molar-refractivity contribution in [3.8, 4) is 10.8 Å². The molecule has 1 heterocycles. The van der Waals surface area contributed by atoms with E-state index in [2.05, 4.69) is 26.7 Å². The van der Waals surface area contributed by atoms with E-state index in [0.717, 1.165) is 6.54 Å². The fourth-order valence-electron chi connectivity index (χ4n) is 1.17. The van der Waals surface area contributed by atoms with Crippen molar-refractivity contribution >= 4 is 15.9 Å². The number of likely N-dealkylation sites (tertiary alicyclic amines) is 1. The van der Waals surface area contributed by atoms with Crippen LogP contribution in [0.2, 0.25) is 0 Å². The lowest BCUT2D eigenvalue weighted by atomic mass is 9.91. The summed E-state index contributed by atoms with van der Waals surface area (Å²) in [6, 6.07) is 0.0325. The van der Waals surface area contributed by atoms with Crippen LogP contribution in [0, 0.1) is 16.7 Å². The van der Waals surface area contributed by atoms with Crippen LogP contribution in [0.4, 0.5) is 4.39 Å². The van der Waals surface area contributed by atoms with E-state index in [0.29, 0.717) is 0 Å². The molecule has 3 heteroatoms. The summed E-state index contributed by atoms with van der Waals surface area (Å²) in [6.07, 6.45) is 0. The highest BCUT2D eigenvalue weighted by molar-refractivity contribution is 9.12. The average Bonchev–Trinajstić information content (AvgIpc) is 1.88. The second-order valence-electron chi connectivity index (χ2n) is 2.51. The predicted molar refractivity (Wildman–Crippen MR) is 42.6 cm³/mol. The van der Waals surface area contributed by atoms with E-state index in [-0.39, 0.29) is 18.6 Å². The Labute approximate surface area is 68.7 Å². The van der Waals surface area contributed by atoms with Crippen LogP contribution in [0.5, 0.6) is 0 Å². The molecular formula is C7H9BrFN. The number of rotatable bonds is 1. The maximum Gasteiger partial charge on any atom is 0.106 e. The minimum absolute atomic E-state index is 0.0325. The van der Waals surface area contributed by atoms with Crippen LogP contribution in [-0.2, 0) is 0 Å². The van der Waals surface area contributed by atoms with Gasteiger partial charge in [-0.2, -0.15) is 0 Å². The van der Waals surface area contributed by atoms with Gasteiger partial charge in [0.25, 0.3) is 0 Å². The smallest absolute Gasteiger partial charge is 0.106 e. The zero-order chi connectivity index (χ0) is 7.56. The zero-order valence-corrected chi connectivity index (χ0v) is 7.36. The summed E-state index contributed by atoms with van der Waals surface area (Å²) in [6.45, 7) is 0.607. The van der Waals surface area contributed by atoms with Crippen LogP contribution in [0.25, 0.3) is 0 Å². The van der Waals surface area contributed by atoms with Gasteiger partial charge in [-0.3, -0.25) is 4.90 Å². The Kier molecular flexibility index (Phi) is 2.70. The molecule has 0 aromatic carbocycles. The van der Waals surface area contributed by atoms with Crippen molar-refractivity contribution < 1.29 is 4.39 Å². The van der Waals surface area contributed by atoms with Crippen LogP contribution in [0.1, 0.15) is 0 Å². The minimum Gasteiger partial charge on any atom is -0.298 e. The van der Waals surface area contributed by atoms with Gasteiger partial charge in [-0.25, -0.2) is 4.39 Å². The number of nitrogens with zero attached hydrogens (tertiary/aromatic N) is 1. The molecule has 0 spiro atoms. The van der Waals surface area contributed by atoms with E-state index in [1.807, 2.05) is 11.9 Å². The molecule has 1 nitrogen and oxygen atoms in total. The molecule has 0 aromatic rings.